The summed E-state index contributed by atoms with van der Waals surface area (Å²) in [6.07, 6.45) is 2.99. The Kier molecular flexibility index (Phi) is 3.71. The molecule has 3 heteroatoms. The van der Waals surface area contributed by atoms with Gasteiger partial charge in [0.25, 0.3) is 0 Å². The number of aliphatic hydroxyl groups excluding tert-OH is 1. The third-order valence-electron chi connectivity index (χ3n) is 2.65. The monoisotopic (exact) mass is 231 g/mol. The molecule has 1 aromatic heterocycles. The Labute approximate surface area is 101 Å². The van der Waals surface area contributed by atoms with Gasteiger partial charge in [0.05, 0.1) is 12.7 Å². The first-order valence-corrected chi connectivity index (χ1v) is 5.81. The predicted octanol–water partition coefficient (Wildman–Crippen LogP) is 2.69. The second-order valence-electron chi connectivity index (χ2n) is 4.35. The van der Waals surface area contributed by atoms with E-state index in [9.17, 15) is 5.11 Å². The van der Waals surface area contributed by atoms with E-state index in [0.717, 1.165) is 16.3 Å². The van der Waals surface area contributed by atoms with Crippen LogP contribution < -0.4 is 0 Å². The summed E-state index contributed by atoms with van der Waals surface area (Å²) in [4.78, 5) is 4.15. The fourth-order valence-electron chi connectivity index (χ4n) is 1.78. The molecule has 1 aromatic carbocycles. The first-order chi connectivity index (χ1) is 8.18. The molecule has 0 fully saturated rings. The lowest BCUT2D eigenvalue weighted by Crippen LogP contribution is -2.12. The lowest BCUT2D eigenvalue weighted by atomic mass is 10.0. The van der Waals surface area contributed by atoms with Crippen molar-refractivity contribution >= 4 is 10.8 Å². The van der Waals surface area contributed by atoms with Gasteiger partial charge in [0.15, 0.2) is 0 Å². The molecule has 2 rings (SSSR count). The van der Waals surface area contributed by atoms with Crippen molar-refractivity contribution in [3.8, 4) is 0 Å². The van der Waals surface area contributed by atoms with Crippen LogP contribution in [-0.2, 0) is 4.74 Å². The highest BCUT2D eigenvalue weighted by atomic mass is 16.5. The Morgan fingerprint density at radius 2 is 2.00 bits per heavy atom. The number of pyridine rings is 1. The highest BCUT2D eigenvalue weighted by molar-refractivity contribution is 5.84. The predicted molar refractivity (Wildman–Crippen MR) is 67.8 cm³/mol. The number of aromatic nitrogens is 1. The van der Waals surface area contributed by atoms with E-state index in [2.05, 4.69) is 4.98 Å². The summed E-state index contributed by atoms with van der Waals surface area (Å²) >= 11 is 0. The van der Waals surface area contributed by atoms with Crippen molar-refractivity contribution in [2.45, 2.75) is 26.1 Å². The molecule has 0 aliphatic rings. The molecule has 0 aliphatic heterocycles. The minimum atomic E-state index is -0.629. The van der Waals surface area contributed by atoms with Gasteiger partial charge in [0.2, 0.25) is 0 Å². The molecule has 1 heterocycles. The average Bonchev–Trinajstić information content (AvgIpc) is 2.35. The van der Waals surface area contributed by atoms with Gasteiger partial charge in [-0.2, -0.15) is 0 Å². The number of rotatable bonds is 4. The zero-order chi connectivity index (χ0) is 12.3. The smallest absolute Gasteiger partial charge is 0.104 e. The quantitative estimate of drug-likeness (QED) is 0.879. The van der Waals surface area contributed by atoms with E-state index in [1.807, 2.05) is 38.1 Å². The summed E-state index contributed by atoms with van der Waals surface area (Å²) < 4.78 is 5.43. The number of hydrogen-bond acceptors (Lipinski definition) is 3. The van der Waals surface area contributed by atoms with Gasteiger partial charge in [-0.1, -0.05) is 24.3 Å². The molecule has 90 valence electrons. The van der Waals surface area contributed by atoms with Crippen molar-refractivity contribution < 1.29 is 9.84 Å². The minimum Gasteiger partial charge on any atom is -0.386 e. The third-order valence-corrected chi connectivity index (χ3v) is 2.65. The van der Waals surface area contributed by atoms with Crippen LogP contribution in [0.1, 0.15) is 25.5 Å². The van der Waals surface area contributed by atoms with Gasteiger partial charge in [-0.15, -0.1) is 0 Å². The van der Waals surface area contributed by atoms with Crippen molar-refractivity contribution in [1.29, 1.82) is 0 Å². The van der Waals surface area contributed by atoms with Crippen LogP contribution >= 0.6 is 0 Å². The SMILES string of the molecule is CC(C)OCC(O)c1cncc2ccccc12. The molecular formula is C14H17NO2. The third kappa shape index (κ3) is 2.81. The van der Waals surface area contributed by atoms with Crippen molar-refractivity contribution in [1.82, 2.24) is 4.98 Å². The fourth-order valence-corrected chi connectivity index (χ4v) is 1.78. The van der Waals surface area contributed by atoms with Crippen LogP contribution in [-0.4, -0.2) is 22.8 Å². The van der Waals surface area contributed by atoms with Crippen LogP contribution in [0.3, 0.4) is 0 Å². The van der Waals surface area contributed by atoms with E-state index in [1.54, 1.807) is 12.4 Å². The van der Waals surface area contributed by atoms with Crippen molar-refractivity contribution in [2.75, 3.05) is 6.61 Å². The molecule has 3 nitrogen and oxygen atoms in total. The summed E-state index contributed by atoms with van der Waals surface area (Å²) in [6.45, 7) is 4.20. The number of hydrogen-bond donors (Lipinski definition) is 1. The minimum absolute atomic E-state index is 0.118. The number of aliphatic hydroxyl groups is 1. The average molecular weight is 231 g/mol. The topological polar surface area (TPSA) is 42.4 Å². The molecule has 17 heavy (non-hydrogen) atoms. The number of benzene rings is 1. The fraction of sp³-hybridized carbons (Fsp3) is 0.357. The van der Waals surface area contributed by atoms with Gasteiger partial charge >= 0.3 is 0 Å². The number of nitrogens with zero attached hydrogens (tertiary/aromatic N) is 1. The maximum Gasteiger partial charge on any atom is 0.104 e. The molecule has 0 radical (unpaired) electrons. The molecule has 0 aliphatic carbocycles. The molecule has 0 spiro atoms. The molecule has 2 aromatic rings. The van der Waals surface area contributed by atoms with E-state index in [1.165, 1.54) is 0 Å². The van der Waals surface area contributed by atoms with Crippen LogP contribution in [0.15, 0.2) is 36.7 Å². The Bertz CT molecular complexity index is 491. The van der Waals surface area contributed by atoms with Gasteiger partial charge in [0, 0.05) is 23.3 Å². The second kappa shape index (κ2) is 5.25. The maximum absolute atomic E-state index is 10.1. The summed E-state index contributed by atoms with van der Waals surface area (Å²) in [5.41, 5.74) is 0.823. The lowest BCUT2D eigenvalue weighted by molar-refractivity contribution is 0.00538. The Morgan fingerprint density at radius 1 is 1.24 bits per heavy atom. The van der Waals surface area contributed by atoms with Crippen molar-refractivity contribution in [3.63, 3.8) is 0 Å². The van der Waals surface area contributed by atoms with Crippen LogP contribution in [0, 0.1) is 0 Å². The molecule has 0 saturated carbocycles. The van der Waals surface area contributed by atoms with Crippen LogP contribution in [0.5, 0.6) is 0 Å². The summed E-state index contributed by atoms with van der Waals surface area (Å²) in [5, 5.41) is 12.2. The molecular weight excluding hydrogens is 214 g/mol. The Balaban J connectivity index is 2.28. The molecule has 0 saturated heterocycles. The highest BCUT2D eigenvalue weighted by Gasteiger charge is 2.12. The maximum atomic E-state index is 10.1. The molecule has 1 N–H and O–H groups in total. The molecule has 1 atom stereocenters. The summed E-state index contributed by atoms with van der Waals surface area (Å²) in [6, 6.07) is 7.90. The van der Waals surface area contributed by atoms with Gasteiger partial charge in [-0.25, -0.2) is 0 Å². The second-order valence-corrected chi connectivity index (χ2v) is 4.35. The van der Waals surface area contributed by atoms with E-state index < -0.39 is 6.10 Å². The molecule has 0 amide bonds. The van der Waals surface area contributed by atoms with E-state index in [0.29, 0.717) is 6.61 Å². The lowest BCUT2D eigenvalue weighted by Gasteiger charge is -2.15. The zero-order valence-corrected chi connectivity index (χ0v) is 10.1. The van der Waals surface area contributed by atoms with Crippen LogP contribution in [0.2, 0.25) is 0 Å². The van der Waals surface area contributed by atoms with E-state index in [4.69, 9.17) is 4.74 Å². The Morgan fingerprint density at radius 3 is 2.76 bits per heavy atom. The van der Waals surface area contributed by atoms with Crippen LogP contribution in [0.25, 0.3) is 10.8 Å². The van der Waals surface area contributed by atoms with Crippen molar-refractivity contribution in [2.24, 2.45) is 0 Å². The molecule has 0 bridgehead atoms. The highest BCUT2D eigenvalue weighted by Crippen LogP contribution is 2.23. The van der Waals surface area contributed by atoms with E-state index >= 15 is 0 Å². The van der Waals surface area contributed by atoms with Gasteiger partial charge < -0.3 is 9.84 Å². The number of ether oxygens (including phenoxy) is 1. The standard InChI is InChI=1S/C14H17NO2/c1-10(2)17-9-14(16)13-8-15-7-11-5-3-4-6-12(11)13/h3-8,10,14,16H,9H2,1-2H3. The summed E-state index contributed by atoms with van der Waals surface area (Å²) in [5.74, 6) is 0. The zero-order valence-electron chi connectivity index (χ0n) is 10.1. The normalized spacial score (nSPS) is 13.2. The Hall–Kier alpha value is -1.45. The molecule has 1 unspecified atom stereocenters. The van der Waals surface area contributed by atoms with Gasteiger partial charge in [0.1, 0.15) is 6.10 Å². The van der Waals surface area contributed by atoms with Gasteiger partial charge in [-0.05, 0) is 19.2 Å². The van der Waals surface area contributed by atoms with Crippen molar-refractivity contribution in [3.05, 3.63) is 42.2 Å². The van der Waals surface area contributed by atoms with E-state index in [-0.39, 0.29) is 6.10 Å². The summed E-state index contributed by atoms with van der Waals surface area (Å²) in [7, 11) is 0. The first-order valence-electron chi connectivity index (χ1n) is 5.81. The largest absolute Gasteiger partial charge is 0.386 e. The number of fused-ring (bicyclic) bond motifs is 1. The van der Waals surface area contributed by atoms with Gasteiger partial charge in [-0.3, -0.25) is 4.98 Å². The van der Waals surface area contributed by atoms with Crippen LogP contribution in [0.4, 0.5) is 0 Å². The first kappa shape index (κ1) is 12.0.